The Hall–Kier alpha value is -4.96. The normalized spacial score (nSPS) is 11.7. The summed E-state index contributed by atoms with van der Waals surface area (Å²) in [5.74, 6) is 0. The molecule has 0 fully saturated rings. The van der Waals surface area contributed by atoms with Gasteiger partial charge in [-0.05, 0) is 65.0 Å². The van der Waals surface area contributed by atoms with Gasteiger partial charge in [0.15, 0.2) is 0 Å². The van der Waals surface area contributed by atoms with Gasteiger partial charge in [0.1, 0.15) is 0 Å². The monoisotopic (exact) mass is 583 g/mol. The van der Waals surface area contributed by atoms with E-state index in [0.29, 0.717) is 0 Å². The van der Waals surface area contributed by atoms with E-state index in [2.05, 4.69) is 157 Å². The van der Waals surface area contributed by atoms with E-state index in [0.717, 1.165) is 11.4 Å². The highest BCUT2D eigenvalue weighted by Gasteiger charge is 2.19. The quantitative estimate of drug-likeness (QED) is 0.199. The average Bonchev–Trinajstić information content (AvgIpc) is 3.65. The summed E-state index contributed by atoms with van der Waals surface area (Å²) in [7, 11) is 0. The number of nitrogens with zero attached hydrogens (tertiary/aromatic N) is 1. The van der Waals surface area contributed by atoms with Crippen molar-refractivity contribution in [3.8, 4) is 11.1 Å². The molecule has 9 aromatic rings. The van der Waals surface area contributed by atoms with Gasteiger partial charge in [-0.15, -0.1) is 22.7 Å². The highest BCUT2D eigenvalue weighted by Crippen LogP contribution is 2.46. The summed E-state index contributed by atoms with van der Waals surface area (Å²) in [6.45, 7) is 0. The maximum atomic E-state index is 2.40. The fraction of sp³-hybridized carbons (Fsp3) is 0. The van der Waals surface area contributed by atoms with E-state index in [1.54, 1.807) is 0 Å². The van der Waals surface area contributed by atoms with Crippen molar-refractivity contribution < 1.29 is 0 Å². The van der Waals surface area contributed by atoms with Crippen LogP contribution in [0.15, 0.2) is 152 Å². The molecule has 202 valence electrons. The molecule has 2 heterocycles. The van der Waals surface area contributed by atoms with Crippen molar-refractivity contribution in [3.05, 3.63) is 152 Å². The van der Waals surface area contributed by atoms with E-state index in [4.69, 9.17) is 0 Å². The number of para-hydroxylation sites is 1. The molecule has 43 heavy (non-hydrogen) atoms. The first-order chi connectivity index (χ1) is 21.3. The number of benzene rings is 7. The predicted octanol–water partition coefficient (Wildman–Crippen LogP) is 12.7. The maximum Gasteiger partial charge on any atom is 0.0554 e. The largest absolute Gasteiger partial charge is 0.310 e. The lowest BCUT2D eigenvalue weighted by molar-refractivity contribution is 1.30. The summed E-state index contributed by atoms with van der Waals surface area (Å²) in [6.07, 6.45) is 0. The van der Waals surface area contributed by atoms with Gasteiger partial charge >= 0.3 is 0 Å². The summed E-state index contributed by atoms with van der Waals surface area (Å²) in [5, 5.41) is 7.90. The second-order valence-corrected chi connectivity index (χ2v) is 13.0. The number of hydrogen-bond acceptors (Lipinski definition) is 3. The second-order valence-electron chi connectivity index (χ2n) is 10.9. The molecular weight excluding hydrogens is 559 g/mol. The summed E-state index contributed by atoms with van der Waals surface area (Å²) >= 11 is 3.76. The molecule has 1 nitrogen and oxygen atoms in total. The molecule has 0 N–H and O–H groups in total. The molecule has 0 aliphatic rings. The molecule has 0 amide bonds. The van der Waals surface area contributed by atoms with Crippen molar-refractivity contribution in [3.63, 3.8) is 0 Å². The average molecular weight is 584 g/mol. The Morgan fingerprint density at radius 2 is 1.07 bits per heavy atom. The Balaban J connectivity index is 1.23. The topological polar surface area (TPSA) is 3.24 Å². The third-order valence-electron chi connectivity index (χ3n) is 8.46. The molecule has 0 saturated heterocycles. The molecule has 0 atom stereocenters. The Labute approximate surface area is 257 Å². The zero-order valence-corrected chi connectivity index (χ0v) is 24.8. The highest BCUT2D eigenvalue weighted by molar-refractivity contribution is 7.27. The Morgan fingerprint density at radius 3 is 1.91 bits per heavy atom. The van der Waals surface area contributed by atoms with Gasteiger partial charge < -0.3 is 4.90 Å². The molecule has 0 spiro atoms. The van der Waals surface area contributed by atoms with Gasteiger partial charge in [0.25, 0.3) is 0 Å². The zero-order valence-electron chi connectivity index (χ0n) is 23.2. The molecule has 0 aliphatic carbocycles. The first-order valence-electron chi connectivity index (χ1n) is 14.5. The lowest BCUT2D eigenvalue weighted by atomic mass is 9.96. The highest BCUT2D eigenvalue weighted by atomic mass is 32.1. The van der Waals surface area contributed by atoms with Gasteiger partial charge in [-0.1, -0.05) is 103 Å². The molecule has 0 unspecified atom stereocenters. The predicted molar refractivity (Wildman–Crippen MR) is 190 cm³/mol. The van der Waals surface area contributed by atoms with E-state index in [1.807, 2.05) is 22.7 Å². The molecule has 0 aliphatic heterocycles. The van der Waals surface area contributed by atoms with Gasteiger partial charge in [-0.3, -0.25) is 0 Å². The van der Waals surface area contributed by atoms with E-state index >= 15 is 0 Å². The standard InChI is InChI=1S/C40H25NS2/c1-2-11-28(12-3-1)41(34-16-9-19-37-39(34)33-14-5-7-18-36(33)42-37)29-23-20-26(21-24-29)30-15-8-10-27-22-25-32-31-13-4-6-17-35(31)43-40(32)38(27)30/h1-25H. The van der Waals surface area contributed by atoms with Crippen LogP contribution in [-0.2, 0) is 0 Å². The summed E-state index contributed by atoms with van der Waals surface area (Å²) in [6, 6.07) is 55.3. The number of anilines is 3. The lowest BCUT2D eigenvalue weighted by Crippen LogP contribution is -2.10. The minimum Gasteiger partial charge on any atom is -0.310 e. The number of thiophene rings is 2. The van der Waals surface area contributed by atoms with Crippen molar-refractivity contribution in [2.45, 2.75) is 0 Å². The molecule has 0 bridgehead atoms. The van der Waals surface area contributed by atoms with Gasteiger partial charge in [-0.2, -0.15) is 0 Å². The number of fused-ring (bicyclic) bond motifs is 8. The number of hydrogen-bond donors (Lipinski definition) is 0. The van der Waals surface area contributed by atoms with Gasteiger partial charge in [0, 0.05) is 57.1 Å². The van der Waals surface area contributed by atoms with Crippen LogP contribution in [0.5, 0.6) is 0 Å². The van der Waals surface area contributed by atoms with Crippen molar-refractivity contribution in [2.75, 3.05) is 4.90 Å². The Morgan fingerprint density at radius 1 is 0.395 bits per heavy atom. The van der Waals surface area contributed by atoms with Crippen LogP contribution in [0, 0.1) is 0 Å². The van der Waals surface area contributed by atoms with Crippen LogP contribution in [-0.4, -0.2) is 0 Å². The van der Waals surface area contributed by atoms with Crippen LogP contribution in [0.4, 0.5) is 17.1 Å². The van der Waals surface area contributed by atoms with Crippen LogP contribution in [0.3, 0.4) is 0 Å². The molecular formula is C40H25NS2. The van der Waals surface area contributed by atoms with E-state index in [9.17, 15) is 0 Å². The van der Waals surface area contributed by atoms with Crippen LogP contribution in [0.2, 0.25) is 0 Å². The third kappa shape index (κ3) is 3.90. The molecule has 9 rings (SSSR count). The molecule has 2 aromatic heterocycles. The lowest BCUT2D eigenvalue weighted by Gasteiger charge is -2.26. The number of rotatable bonds is 4. The smallest absolute Gasteiger partial charge is 0.0554 e. The van der Waals surface area contributed by atoms with Gasteiger partial charge in [-0.25, -0.2) is 0 Å². The summed E-state index contributed by atoms with van der Waals surface area (Å²) in [4.78, 5) is 2.40. The van der Waals surface area contributed by atoms with E-state index < -0.39 is 0 Å². The minimum atomic E-state index is 1.14. The van der Waals surface area contributed by atoms with Crippen molar-refractivity contribution in [2.24, 2.45) is 0 Å². The van der Waals surface area contributed by atoms with Crippen molar-refractivity contribution in [1.82, 2.24) is 0 Å². The molecule has 0 radical (unpaired) electrons. The van der Waals surface area contributed by atoms with Crippen LogP contribution < -0.4 is 4.90 Å². The zero-order chi connectivity index (χ0) is 28.3. The second kappa shape index (κ2) is 9.81. The Kier molecular flexibility index (Phi) is 5.62. The van der Waals surface area contributed by atoms with Gasteiger partial charge in [0.2, 0.25) is 0 Å². The first-order valence-corrected chi connectivity index (χ1v) is 16.2. The fourth-order valence-electron chi connectivity index (χ4n) is 6.53. The van der Waals surface area contributed by atoms with E-state index in [1.165, 1.54) is 67.9 Å². The maximum absolute atomic E-state index is 2.40. The SMILES string of the molecule is c1ccc(N(c2ccc(-c3cccc4ccc5c6ccccc6sc5c34)cc2)c2cccc3sc4ccccc4c23)cc1. The molecule has 0 saturated carbocycles. The van der Waals surface area contributed by atoms with Gasteiger partial charge in [0.05, 0.1) is 5.69 Å². The minimum absolute atomic E-state index is 1.14. The summed E-state index contributed by atoms with van der Waals surface area (Å²) in [5.41, 5.74) is 6.00. The first kappa shape index (κ1) is 24.6. The third-order valence-corrected chi connectivity index (χ3v) is 10.8. The summed E-state index contributed by atoms with van der Waals surface area (Å²) < 4.78 is 5.32. The Bertz CT molecular complexity index is 2450. The van der Waals surface area contributed by atoms with Crippen molar-refractivity contribution in [1.29, 1.82) is 0 Å². The van der Waals surface area contributed by atoms with Crippen LogP contribution >= 0.6 is 22.7 Å². The fourth-order valence-corrected chi connectivity index (χ4v) is 8.93. The van der Waals surface area contributed by atoms with Crippen molar-refractivity contribution >= 4 is 90.9 Å². The van der Waals surface area contributed by atoms with Crippen LogP contribution in [0.25, 0.3) is 62.2 Å². The molecule has 7 aromatic carbocycles. The van der Waals surface area contributed by atoms with Crippen LogP contribution in [0.1, 0.15) is 0 Å². The molecule has 3 heteroatoms. The van der Waals surface area contributed by atoms with E-state index in [-0.39, 0.29) is 0 Å².